The fourth-order valence-electron chi connectivity index (χ4n) is 7.54. The predicted molar refractivity (Wildman–Crippen MR) is 204 cm³/mol. The van der Waals surface area contributed by atoms with Gasteiger partial charge in [0.2, 0.25) is 0 Å². The Morgan fingerprint density at radius 3 is 1.67 bits per heavy atom. The van der Waals surface area contributed by atoms with E-state index in [1.54, 1.807) is 0 Å². The van der Waals surface area contributed by atoms with Crippen molar-refractivity contribution < 1.29 is 0 Å². The van der Waals surface area contributed by atoms with Gasteiger partial charge < -0.3 is 8.96 Å². The minimum atomic E-state index is -0.260. The van der Waals surface area contributed by atoms with Crippen molar-refractivity contribution in [3.8, 4) is 0 Å². The zero-order chi connectivity index (χ0) is 34.2. The normalized spacial score (nSPS) is 15.2. The average molecular weight is 641 g/mol. The van der Waals surface area contributed by atoms with Crippen LogP contribution >= 0.6 is 0 Å². The summed E-state index contributed by atoms with van der Waals surface area (Å²) < 4.78 is 4.66. The summed E-state index contributed by atoms with van der Waals surface area (Å²) in [5.41, 5.74) is 8.63. The monoisotopic (exact) mass is 640 g/mol. The van der Waals surface area contributed by atoms with E-state index in [9.17, 15) is 0 Å². The SMILES string of the molecule is CC(C)(C)c1ccc2c(c1)C1=Nc3c4ccc(C(C)(C)C)cc4c4n3B(c3ccccc3)n3c(c5cc(C(C)(C)C)ccc5c3=N4)=NC2=N1. The molecule has 6 aromatic rings. The lowest BCUT2D eigenvalue weighted by molar-refractivity contribution is 0.590. The molecule has 4 aromatic carbocycles. The largest absolute Gasteiger partial charge is 0.425 e. The maximum Gasteiger partial charge on any atom is 0.425 e. The second-order valence-electron chi connectivity index (χ2n) is 16.9. The molecule has 0 spiro atoms. The van der Waals surface area contributed by atoms with Crippen LogP contribution in [0, 0.1) is 0 Å². The molecule has 0 amide bonds. The van der Waals surface area contributed by atoms with Crippen LogP contribution in [0.5, 0.6) is 0 Å². The van der Waals surface area contributed by atoms with Crippen LogP contribution in [-0.2, 0) is 16.2 Å². The van der Waals surface area contributed by atoms with Crippen LogP contribution in [0.3, 0.4) is 0 Å². The molecule has 0 saturated heterocycles. The number of hydrogen-bond donors (Lipinski definition) is 0. The third-order valence-electron chi connectivity index (χ3n) is 10.4. The Morgan fingerprint density at radius 1 is 0.449 bits per heavy atom. The number of benzene rings is 4. The van der Waals surface area contributed by atoms with Crippen LogP contribution in [0.1, 0.15) is 90.1 Å². The molecule has 7 heteroatoms. The molecule has 0 radical (unpaired) electrons. The van der Waals surface area contributed by atoms with Crippen LogP contribution in [0.2, 0.25) is 0 Å². The van der Waals surface area contributed by atoms with E-state index in [4.69, 9.17) is 20.0 Å². The van der Waals surface area contributed by atoms with Crippen LogP contribution in [0.15, 0.2) is 105 Å². The second-order valence-corrected chi connectivity index (χ2v) is 16.9. The maximum absolute atomic E-state index is 5.57. The fourth-order valence-corrected chi connectivity index (χ4v) is 7.54. The van der Waals surface area contributed by atoms with E-state index in [0.29, 0.717) is 11.7 Å². The average Bonchev–Trinajstić information content (AvgIpc) is 3.67. The highest BCUT2D eigenvalue weighted by Crippen LogP contribution is 2.43. The first-order valence-electron chi connectivity index (χ1n) is 17.4. The Balaban J connectivity index is 1.52. The van der Waals surface area contributed by atoms with Crippen LogP contribution in [0.4, 0.5) is 11.6 Å². The van der Waals surface area contributed by atoms with Crippen molar-refractivity contribution in [2.45, 2.75) is 78.6 Å². The van der Waals surface area contributed by atoms with Crippen molar-refractivity contribution in [3.05, 3.63) is 124 Å². The van der Waals surface area contributed by atoms with Crippen molar-refractivity contribution >= 4 is 57.3 Å². The molecule has 0 fully saturated rings. The molecule has 242 valence electrons. The zero-order valence-corrected chi connectivity index (χ0v) is 29.8. The summed E-state index contributed by atoms with van der Waals surface area (Å²) in [6.07, 6.45) is 0. The molecule has 6 nitrogen and oxygen atoms in total. The molecule has 3 aliphatic heterocycles. The number of fused-ring (bicyclic) bond motifs is 10. The third kappa shape index (κ3) is 4.40. The molecule has 9 rings (SSSR count). The van der Waals surface area contributed by atoms with Crippen molar-refractivity contribution in [1.29, 1.82) is 0 Å². The Bertz CT molecular complexity index is 2600. The van der Waals surface area contributed by atoms with Gasteiger partial charge in [0.05, 0.1) is 0 Å². The number of aliphatic imine (C=N–C) groups is 2. The lowest BCUT2D eigenvalue weighted by atomic mass is 9.66. The second kappa shape index (κ2) is 9.78. The Labute approximate surface area is 287 Å². The summed E-state index contributed by atoms with van der Waals surface area (Å²) in [5, 5.41) is 4.34. The maximum atomic E-state index is 5.57. The summed E-state index contributed by atoms with van der Waals surface area (Å²) in [5.74, 6) is 3.16. The van der Waals surface area contributed by atoms with Crippen LogP contribution < -0.4 is 16.4 Å². The molecule has 0 aliphatic carbocycles. The number of aromatic nitrogens is 2. The first-order chi connectivity index (χ1) is 23.2. The van der Waals surface area contributed by atoms with Crippen LogP contribution in [-0.4, -0.2) is 27.6 Å². The predicted octanol–water partition coefficient (Wildman–Crippen LogP) is 8.02. The van der Waals surface area contributed by atoms with Gasteiger partial charge in [-0.2, -0.15) is 0 Å². The number of nitrogens with zero attached hydrogens (tertiary/aromatic N) is 6. The smallest absolute Gasteiger partial charge is 0.329 e. The van der Waals surface area contributed by atoms with Gasteiger partial charge in [-0.3, -0.25) is 0 Å². The van der Waals surface area contributed by atoms with E-state index in [0.717, 1.165) is 60.7 Å². The minimum Gasteiger partial charge on any atom is -0.329 e. The highest BCUT2D eigenvalue weighted by Gasteiger charge is 2.38. The summed E-state index contributed by atoms with van der Waals surface area (Å²) >= 11 is 0. The summed E-state index contributed by atoms with van der Waals surface area (Å²) in [6, 6.07) is 31.1. The topological polar surface area (TPSA) is 59.3 Å². The molecule has 49 heavy (non-hydrogen) atoms. The first-order valence-corrected chi connectivity index (χ1v) is 17.4. The van der Waals surface area contributed by atoms with Gasteiger partial charge in [-0.15, -0.1) is 0 Å². The van der Waals surface area contributed by atoms with Gasteiger partial charge in [-0.05, 0) is 56.6 Å². The quantitative estimate of drug-likeness (QED) is 0.163. The van der Waals surface area contributed by atoms with E-state index in [2.05, 4.69) is 156 Å². The number of rotatable bonds is 1. The zero-order valence-electron chi connectivity index (χ0n) is 29.8. The van der Waals surface area contributed by atoms with E-state index in [1.807, 2.05) is 0 Å². The van der Waals surface area contributed by atoms with Gasteiger partial charge in [0.15, 0.2) is 11.7 Å². The van der Waals surface area contributed by atoms with Gasteiger partial charge >= 0.3 is 6.98 Å². The van der Waals surface area contributed by atoms with Gasteiger partial charge in [0.25, 0.3) is 0 Å². The molecule has 5 heterocycles. The molecule has 2 aromatic heterocycles. The van der Waals surface area contributed by atoms with Crippen molar-refractivity contribution in [3.63, 3.8) is 0 Å². The summed E-state index contributed by atoms with van der Waals surface area (Å²) in [4.78, 5) is 21.8. The Kier molecular flexibility index (Phi) is 6.00. The summed E-state index contributed by atoms with van der Waals surface area (Å²) in [6.45, 7) is 20.1. The molecular weight excluding hydrogens is 599 g/mol. The van der Waals surface area contributed by atoms with Gasteiger partial charge in [-0.1, -0.05) is 129 Å². The van der Waals surface area contributed by atoms with Crippen molar-refractivity contribution in [2.75, 3.05) is 0 Å². The minimum absolute atomic E-state index is 0.0270. The Morgan fingerprint density at radius 2 is 1.00 bits per heavy atom. The van der Waals surface area contributed by atoms with Crippen molar-refractivity contribution in [1.82, 2.24) is 8.96 Å². The van der Waals surface area contributed by atoms with Gasteiger partial charge in [0, 0.05) is 32.7 Å². The molecule has 0 atom stereocenters. The van der Waals surface area contributed by atoms with Gasteiger partial charge in [-0.25, -0.2) is 20.0 Å². The first kappa shape index (κ1) is 30.1. The number of amidine groups is 2. The van der Waals surface area contributed by atoms with Crippen LogP contribution in [0.25, 0.3) is 21.5 Å². The van der Waals surface area contributed by atoms with E-state index >= 15 is 0 Å². The lowest BCUT2D eigenvalue weighted by Gasteiger charge is -2.24. The van der Waals surface area contributed by atoms with E-state index in [-0.39, 0.29) is 23.2 Å². The standard InChI is InChI=1S/C42H41BN6/c1-40(2,3)24-15-18-28-31(21-24)35-44-34(28)45-38-32-22-25(41(4,5)6)17-20-30(32)37-47-39-33-23-26(42(7,8)9)16-19-29(33)36(46-35)48(39)43(49(37)38)27-13-11-10-12-14-27/h10-23H,1-9H3. The molecule has 3 aliphatic rings. The molecule has 0 saturated carbocycles. The fraction of sp³-hybridized carbons (Fsp3) is 0.286. The molecule has 0 N–H and O–H groups in total. The number of hydrogen-bond acceptors (Lipinski definition) is 4. The Hall–Kier alpha value is -5.04. The highest BCUT2D eigenvalue weighted by molar-refractivity contribution is 6.72. The molecule has 4 bridgehead atoms. The third-order valence-corrected chi connectivity index (χ3v) is 10.4. The highest BCUT2D eigenvalue weighted by atomic mass is 15.2. The molecule has 0 unspecified atom stereocenters. The lowest BCUT2D eigenvalue weighted by Crippen LogP contribution is -2.55. The van der Waals surface area contributed by atoms with E-state index in [1.165, 1.54) is 16.7 Å². The summed E-state index contributed by atoms with van der Waals surface area (Å²) in [7, 11) is 0. The van der Waals surface area contributed by atoms with Crippen molar-refractivity contribution in [2.24, 2.45) is 20.0 Å². The molecular formula is C42H41BN6. The van der Waals surface area contributed by atoms with Gasteiger partial charge in [0.1, 0.15) is 22.6 Å². The van der Waals surface area contributed by atoms with E-state index < -0.39 is 0 Å².